The Morgan fingerprint density at radius 2 is 1.40 bits per heavy atom. The van der Waals surface area contributed by atoms with Gasteiger partial charge in [-0.1, -0.05) is 61.4 Å². The standard InChI is InChI=1S/C30H33N3OS/c1-5-19-32(20-6-2)26-17-11-24(12-18-26)21-28-29(34)33(27-15-9-23(4)10-16-27)30(35-28)31-25-13-7-22(3)8-14-25/h7-18,21H,5-6,19-20H2,1-4H3. The Morgan fingerprint density at radius 3 is 1.97 bits per heavy atom. The van der Waals surface area contributed by atoms with E-state index in [1.807, 2.05) is 61.5 Å². The number of aliphatic imine (C=N–C) groups is 1. The summed E-state index contributed by atoms with van der Waals surface area (Å²) in [6, 6.07) is 24.6. The van der Waals surface area contributed by atoms with E-state index in [0.29, 0.717) is 10.1 Å². The van der Waals surface area contributed by atoms with Crippen molar-refractivity contribution in [3.63, 3.8) is 0 Å². The minimum atomic E-state index is -0.0487. The van der Waals surface area contributed by atoms with E-state index in [2.05, 4.69) is 49.9 Å². The van der Waals surface area contributed by atoms with E-state index >= 15 is 0 Å². The van der Waals surface area contributed by atoms with Gasteiger partial charge in [0.25, 0.3) is 5.91 Å². The number of benzene rings is 3. The summed E-state index contributed by atoms with van der Waals surface area (Å²) in [6.07, 6.45) is 4.21. The van der Waals surface area contributed by atoms with Crippen LogP contribution in [0.2, 0.25) is 0 Å². The number of hydrogen-bond acceptors (Lipinski definition) is 4. The van der Waals surface area contributed by atoms with Gasteiger partial charge < -0.3 is 4.90 Å². The second-order valence-electron chi connectivity index (χ2n) is 8.90. The topological polar surface area (TPSA) is 35.9 Å². The fourth-order valence-electron chi connectivity index (χ4n) is 4.04. The summed E-state index contributed by atoms with van der Waals surface area (Å²) < 4.78 is 0. The molecule has 1 fully saturated rings. The molecule has 0 unspecified atom stereocenters. The Hall–Kier alpha value is -3.31. The summed E-state index contributed by atoms with van der Waals surface area (Å²) in [5.74, 6) is -0.0487. The zero-order valence-corrected chi connectivity index (χ0v) is 21.8. The van der Waals surface area contributed by atoms with Crippen molar-refractivity contribution in [2.24, 2.45) is 4.99 Å². The van der Waals surface area contributed by atoms with Crippen molar-refractivity contribution >= 4 is 46.0 Å². The Kier molecular flexibility index (Phi) is 8.09. The minimum absolute atomic E-state index is 0.0487. The smallest absolute Gasteiger partial charge is 0.271 e. The molecule has 1 aliphatic rings. The number of rotatable bonds is 8. The van der Waals surface area contributed by atoms with Crippen molar-refractivity contribution in [2.75, 3.05) is 22.9 Å². The molecule has 0 atom stereocenters. The van der Waals surface area contributed by atoms with Crippen LogP contribution in [0.25, 0.3) is 6.08 Å². The molecule has 1 heterocycles. The number of amidine groups is 1. The predicted molar refractivity (Wildman–Crippen MR) is 152 cm³/mol. The lowest BCUT2D eigenvalue weighted by Gasteiger charge is -2.23. The van der Waals surface area contributed by atoms with Crippen LogP contribution in [0.5, 0.6) is 0 Å². The quantitative estimate of drug-likeness (QED) is 0.307. The van der Waals surface area contributed by atoms with E-state index in [9.17, 15) is 4.79 Å². The number of nitrogens with zero attached hydrogens (tertiary/aromatic N) is 3. The number of anilines is 2. The Balaban J connectivity index is 1.66. The number of hydrogen-bond donors (Lipinski definition) is 0. The van der Waals surface area contributed by atoms with Gasteiger partial charge in [0.1, 0.15) is 0 Å². The molecular formula is C30H33N3OS. The van der Waals surface area contributed by atoms with Crippen molar-refractivity contribution in [1.29, 1.82) is 0 Å². The maximum atomic E-state index is 13.5. The van der Waals surface area contributed by atoms with Gasteiger partial charge in [0.2, 0.25) is 0 Å². The highest BCUT2D eigenvalue weighted by Gasteiger charge is 2.34. The van der Waals surface area contributed by atoms with Gasteiger partial charge >= 0.3 is 0 Å². The van der Waals surface area contributed by atoms with Crippen molar-refractivity contribution in [3.05, 3.63) is 94.4 Å². The Morgan fingerprint density at radius 1 is 0.829 bits per heavy atom. The van der Waals surface area contributed by atoms with E-state index in [-0.39, 0.29) is 5.91 Å². The molecule has 3 aromatic rings. The first-order valence-corrected chi connectivity index (χ1v) is 13.1. The minimum Gasteiger partial charge on any atom is -0.372 e. The molecule has 4 rings (SSSR count). The van der Waals surface area contributed by atoms with E-state index in [1.165, 1.54) is 23.0 Å². The van der Waals surface area contributed by atoms with Gasteiger partial charge in [0.05, 0.1) is 16.3 Å². The molecule has 5 heteroatoms. The monoisotopic (exact) mass is 483 g/mol. The fourth-order valence-corrected chi connectivity index (χ4v) is 5.04. The van der Waals surface area contributed by atoms with E-state index < -0.39 is 0 Å². The molecule has 0 saturated carbocycles. The van der Waals surface area contributed by atoms with Crippen molar-refractivity contribution in [2.45, 2.75) is 40.5 Å². The third-order valence-corrected chi connectivity index (χ3v) is 6.87. The van der Waals surface area contributed by atoms with Crippen LogP contribution in [0.3, 0.4) is 0 Å². The van der Waals surface area contributed by atoms with Gasteiger partial charge in [-0.15, -0.1) is 0 Å². The van der Waals surface area contributed by atoms with Gasteiger partial charge in [-0.2, -0.15) is 0 Å². The van der Waals surface area contributed by atoms with Gasteiger partial charge in [-0.3, -0.25) is 9.69 Å². The Labute approximate surface area is 213 Å². The van der Waals surface area contributed by atoms with Crippen LogP contribution in [0.1, 0.15) is 43.4 Å². The third-order valence-electron chi connectivity index (χ3n) is 5.90. The van der Waals surface area contributed by atoms with Crippen molar-refractivity contribution < 1.29 is 4.79 Å². The second kappa shape index (κ2) is 11.4. The number of aryl methyl sites for hydroxylation is 2. The summed E-state index contributed by atoms with van der Waals surface area (Å²) in [7, 11) is 0. The largest absolute Gasteiger partial charge is 0.372 e. The molecule has 4 nitrogen and oxygen atoms in total. The lowest BCUT2D eigenvalue weighted by molar-refractivity contribution is -0.113. The highest BCUT2D eigenvalue weighted by molar-refractivity contribution is 8.19. The van der Waals surface area contributed by atoms with Gasteiger partial charge in [-0.25, -0.2) is 4.99 Å². The maximum absolute atomic E-state index is 13.5. The van der Waals surface area contributed by atoms with Crippen LogP contribution in [0.15, 0.2) is 82.7 Å². The molecular weight excluding hydrogens is 450 g/mol. The zero-order chi connectivity index (χ0) is 24.8. The molecule has 180 valence electrons. The van der Waals surface area contributed by atoms with E-state index in [1.54, 1.807) is 4.90 Å². The molecule has 0 N–H and O–H groups in total. The van der Waals surface area contributed by atoms with Gasteiger partial charge in [-0.05, 0) is 86.5 Å². The fraction of sp³-hybridized carbons (Fsp3) is 0.267. The molecule has 1 aliphatic heterocycles. The molecule has 0 spiro atoms. The lowest BCUT2D eigenvalue weighted by atomic mass is 10.1. The number of amides is 1. The molecule has 3 aromatic carbocycles. The van der Waals surface area contributed by atoms with Crippen LogP contribution < -0.4 is 9.80 Å². The predicted octanol–water partition coefficient (Wildman–Crippen LogP) is 7.74. The van der Waals surface area contributed by atoms with Crippen LogP contribution in [0.4, 0.5) is 17.1 Å². The molecule has 35 heavy (non-hydrogen) atoms. The highest BCUT2D eigenvalue weighted by Crippen LogP contribution is 2.37. The van der Waals surface area contributed by atoms with Gasteiger partial charge in [0.15, 0.2) is 5.17 Å². The summed E-state index contributed by atoms with van der Waals surface area (Å²) in [4.78, 5) is 23.2. The average molecular weight is 484 g/mol. The molecule has 1 saturated heterocycles. The van der Waals surface area contributed by atoms with Crippen LogP contribution in [-0.2, 0) is 4.79 Å². The molecule has 0 radical (unpaired) electrons. The van der Waals surface area contributed by atoms with Crippen molar-refractivity contribution in [1.82, 2.24) is 0 Å². The SMILES string of the molecule is CCCN(CCC)c1ccc(C=C2SC(=Nc3ccc(C)cc3)N(c3ccc(C)cc3)C2=O)cc1. The van der Waals surface area contributed by atoms with Crippen molar-refractivity contribution in [3.8, 4) is 0 Å². The third kappa shape index (κ3) is 6.04. The normalized spacial score (nSPS) is 15.9. The lowest BCUT2D eigenvalue weighted by Crippen LogP contribution is -2.28. The summed E-state index contributed by atoms with van der Waals surface area (Å²) in [5.41, 5.74) is 6.23. The van der Waals surface area contributed by atoms with Crippen LogP contribution >= 0.6 is 11.8 Å². The molecule has 1 amide bonds. The number of carbonyl (C=O) groups is 1. The second-order valence-corrected chi connectivity index (χ2v) is 9.90. The summed E-state index contributed by atoms with van der Waals surface area (Å²) in [6.45, 7) is 10.6. The zero-order valence-electron chi connectivity index (χ0n) is 21.0. The molecule has 0 aromatic heterocycles. The van der Waals surface area contributed by atoms with E-state index in [0.717, 1.165) is 48.4 Å². The Bertz CT molecular complexity index is 1210. The summed E-state index contributed by atoms with van der Waals surface area (Å²) in [5, 5.41) is 0.669. The average Bonchev–Trinajstić information content (AvgIpc) is 3.16. The maximum Gasteiger partial charge on any atom is 0.271 e. The van der Waals surface area contributed by atoms with Crippen LogP contribution in [0, 0.1) is 13.8 Å². The number of carbonyl (C=O) groups excluding carboxylic acids is 1. The first-order chi connectivity index (χ1) is 17.0. The first kappa shape index (κ1) is 24.8. The molecule has 0 aliphatic carbocycles. The van der Waals surface area contributed by atoms with Gasteiger partial charge in [0, 0.05) is 18.8 Å². The number of thioether (sulfide) groups is 1. The molecule has 0 bridgehead atoms. The van der Waals surface area contributed by atoms with E-state index in [4.69, 9.17) is 4.99 Å². The first-order valence-electron chi connectivity index (χ1n) is 12.3. The highest BCUT2D eigenvalue weighted by atomic mass is 32.2. The summed E-state index contributed by atoms with van der Waals surface area (Å²) >= 11 is 1.42. The van der Waals surface area contributed by atoms with Crippen LogP contribution in [-0.4, -0.2) is 24.2 Å².